The average molecular weight is 347 g/mol. The fourth-order valence-corrected chi connectivity index (χ4v) is 3.08. The van der Waals surface area contributed by atoms with E-state index < -0.39 is 0 Å². The van der Waals surface area contributed by atoms with Crippen molar-refractivity contribution in [3.05, 3.63) is 64.4 Å². The largest absolute Gasteiger partial charge is 0.310 e. The van der Waals surface area contributed by atoms with E-state index in [1.165, 1.54) is 11.1 Å². The van der Waals surface area contributed by atoms with Gasteiger partial charge in [0.15, 0.2) is 0 Å². The highest BCUT2D eigenvalue weighted by Crippen LogP contribution is 2.25. The zero-order chi connectivity index (χ0) is 15.1. The van der Waals surface area contributed by atoms with Crippen LogP contribution in [0.25, 0.3) is 0 Å². The Labute approximate surface area is 136 Å². The molecule has 0 saturated heterocycles. The molecular formula is C18H23BrN2. The van der Waals surface area contributed by atoms with E-state index in [9.17, 15) is 0 Å². The van der Waals surface area contributed by atoms with Crippen molar-refractivity contribution in [3.63, 3.8) is 0 Å². The molecule has 21 heavy (non-hydrogen) atoms. The van der Waals surface area contributed by atoms with Gasteiger partial charge in [-0.05, 0) is 58.4 Å². The van der Waals surface area contributed by atoms with Crippen LogP contribution in [0.5, 0.6) is 0 Å². The van der Waals surface area contributed by atoms with Crippen LogP contribution in [-0.4, -0.2) is 11.5 Å². The van der Waals surface area contributed by atoms with E-state index in [-0.39, 0.29) is 0 Å². The SMILES string of the molecule is CCCNC(c1ccccc1)C(C)Cc1cncc(Br)c1. The molecule has 112 valence electrons. The monoisotopic (exact) mass is 346 g/mol. The minimum atomic E-state index is 0.380. The Morgan fingerprint density at radius 1 is 1.19 bits per heavy atom. The van der Waals surface area contributed by atoms with Crippen molar-refractivity contribution < 1.29 is 0 Å². The van der Waals surface area contributed by atoms with Crippen LogP contribution in [0.1, 0.15) is 37.4 Å². The normalized spacial score (nSPS) is 13.9. The Morgan fingerprint density at radius 2 is 1.95 bits per heavy atom. The molecule has 2 aromatic rings. The molecule has 2 rings (SSSR count). The Hall–Kier alpha value is -1.19. The highest BCUT2D eigenvalue weighted by atomic mass is 79.9. The van der Waals surface area contributed by atoms with Gasteiger partial charge in [0.25, 0.3) is 0 Å². The highest BCUT2D eigenvalue weighted by molar-refractivity contribution is 9.10. The van der Waals surface area contributed by atoms with Gasteiger partial charge in [-0.25, -0.2) is 0 Å². The van der Waals surface area contributed by atoms with Crippen LogP contribution in [0.2, 0.25) is 0 Å². The number of benzene rings is 1. The molecule has 2 unspecified atom stereocenters. The maximum Gasteiger partial charge on any atom is 0.0410 e. The summed E-state index contributed by atoms with van der Waals surface area (Å²) >= 11 is 3.50. The van der Waals surface area contributed by atoms with Crippen LogP contribution < -0.4 is 5.32 Å². The van der Waals surface area contributed by atoms with Gasteiger partial charge in [0.1, 0.15) is 0 Å². The Kier molecular flexibility index (Phi) is 6.40. The van der Waals surface area contributed by atoms with Crippen LogP contribution in [0.15, 0.2) is 53.3 Å². The van der Waals surface area contributed by atoms with E-state index in [1.807, 2.05) is 12.4 Å². The Morgan fingerprint density at radius 3 is 2.62 bits per heavy atom. The summed E-state index contributed by atoms with van der Waals surface area (Å²) in [5.74, 6) is 0.509. The molecule has 0 aliphatic heterocycles. The van der Waals surface area contributed by atoms with Crippen molar-refractivity contribution >= 4 is 15.9 Å². The number of nitrogens with one attached hydrogen (secondary N) is 1. The van der Waals surface area contributed by atoms with Crippen LogP contribution in [0, 0.1) is 5.92 Å². The van der Waals surface area contributed by atoms with Crippen LogP contribution in [0.3, 0.4) is 0 Å². The predicted octanol–water partition coefficient (Wildman–Crippen LogP) is 4.76. The first-order chi connectivity index (χ1) is 10.2. The molecule has 2 nitrogen and oxygen atoms in total. The van der Waals surface area contributed by atoms with Crippen molar-refractivity contribution in [2.75, 3.05) is 6.54 Å². The third-order valence-electron chi connectivity index (χ3n) is 3.66. The minimum Gasteiger partial charge on any atom is -0.310 e. The Balaban J connectivity index is 2.12. The molecule has 3 heteroatoms. The topological polar surface area (TPSA) is 24.9 Å². The standard InChI is InChI=1S/C18H23BrN2/c1-3-9-21-18(16-7-5-4-6-8-16)14(2)10-15-11-17(19)13-20-12-15/h4-8,11-14,18,21H,3,9-10H2,1-2H3. The zero-order valence-electron chi connectivity index (χ0n) is 12.7. The summed E-state index contributed by atoms with van der Waals surface area (Å²) in [6.07, 6.45) is 5.96. The molecule has 1 heterocycles. The maximum absolute atomic E-state index is 4.26. The van der Waals surface area contributed by atoms with Gasteiger partial charge in [-0.2, -0.15) is 0 Å². The summed E-state index contributed by atoms with van der Waals surface area (Å²) in [6.45, 7) is 5.56. The summed E-state index contributed by atoms with van der Waals surface area (Å²) in [6, 6.07) is 13.3. The second-order valence-electron chi connectivity index (χ2n) is 5.54. The molecule has 0 amide bonds. The summed E-state index contributed by atoms with van der Waals surface area (Å²) < 4.78 is 1.05. The lowest BCUT2D eigenvalue weighted by atomic mass is 9.89. The average Bonchev–Trinajstić information content (AvgIpc) is 2.49. The molecule has 0 aliphatic carbocycles. The molecule has 1 aromatic carbocycles. The second-order valence-corrected chi connectivity index (χ2v) is 6.45. The Bertz CT molecular complexity index is 542. The van der Waals surface area contributed by atoms with E-state index >= 15 is 0 Å². The smallest absolute Gasteiger partial charge is 0.0410 e. The first-order valence-corrected chi connectivity index (χ1v) is 8.37. The number of hydrogen-bond donors (Lipinski definition) is 1. The van der Waals surface area contributed by atoms with Gasteiger partial charge in [0, 0.05) is 22.9 Å². The zero-order valence-corrected chi connectivity index (χ0v) is 14.3. The maximum atomic E-state index is 4.26. The molecule has 0 radical (unpaired) electrons. The molecule has 2 atom stereocenters. The molecule has 0 bridgehead atoms. The fraction of sp³-hybridized carbons (Fsp3) is 0.389. The van der Waals surface area contributed by atoms with Gasteiger partial charge in [0.05, 0.1) is 0 Å². The summed E-state index contributed by atoms with van der Waals surface area (Å²) in [5.41, 5.74) is 2.64. The van der Waals surface area contributed by atoms with Crippen LogP contribution in [0.4, 0.5) is 0 Å². The number of hydrogen-bond acceptors (Lipinski definition) is 2. The molecular weight excluding hydrogens is 324 g/mol. The first kappa shape index (κ1) is 16.2. The van der Waals surface area contributed by atoms with Crippen molar-refractivity contribution in [3.8, 4) is 0 Å². The number of pyridine rings is 1. The van der Waals surface area contributed by atoms with E-state index in [1.54, 1.807) is 0 Å². The quantitative estimate of drug-likeness (QED) is 0.781. The van der Waals surface area contributed by atoms with E-state index in [4.69, 9.17) is 0 Å². The first-order valence-electron chi connectivity index (χ1n) is 7.58. The van der Waals surface area contributed by atoms with E-state index in [0.29, 0.717) is 12.0 Å². The van der Waals surface area contributed by atoms with Gasteiger partial charge in [0.2, 0.25) is 0 Å². The molecule has 0 aliphatic rings. The lowest BCUT2D eigenvalue weighted by molar-refractivity contribution is 0.384. The molecule has 0 saturated carbocycles. The highest BCUT2D eigenvalue weighted by Gasteiger charge is 2.19. The van der Waals surface area contributed by atoms with Crippen molar-refractivity contribution in [1.82, 2.24) is 10.3 Å². The molecule has 1 aromatic heterocycles. The lowest BCUT2D eigenvalue weighted by Crippen LogP contribution is -2.28. The summed E-state index contributed by atoms with van der Waals surface area (Å²) in [5, 5.41) is 3.69. The van der Waals surface area contributed by atoms with Crippen molar-refractivity contribution in [2.45, 2.75) is 32.7 Å². The van der Waals surface area contributed by atoms with E-state index in [2.05, 4.69) is 76.5 Å². The third kappa shape index (κ3) is 4.94. The second kappa shape index (κ2) is 8.30. The third-order valence-corrected chi connectivity index (χ3v) is 4.09. The molecule has 1 N–H and O–H groups in total. The number of rotatable bonds is 7. The molecule has 0 spiro atoms. The predicted molar refractivity (Wildman–Crippen MR) is 92.3 cm³/mol. The number of halogens is 1. The summed E-state index contributed by atoms with van der Waals surface area (Å²) in [7, 11) is 0. The van der Waals surface area contributed by atoms with Crippen molar-refractivity contribution in [1.29, 1.82) is 0 Å². The van der Waals surface area contributed by atoms with Gasteiger partial charge < -0.3 is 5.32 Å². The van der Waals surface area contributed by atoms with Gasteiger partial charge in [-0.3, -0.25) is 4.98 Å². The van der Waals surface area contributed by atoms with Gasteiger partial charge >= 0.3 is 0 Å². The lowest BCUT2D eigenvalue weighted by Gasteiger charge is -2.26. The van der Waals surface area contributed by atoms with E-state index in [0.717, 1.165) is 23.9 Å². The van der Waals surface area contributed by atoms with Crippen LogP contribution in [-0.2, 0) is 6.42 Å². The van der Waals surface area contributed by atoms with Crippen molar-refractivity contribution in [2.24, 2.45) is 5.92 Å². The van der Waals surface area contributed by atoms with Crippen LogP contribution >= 0.6 is 15.9 Å². The number of aromatic nitrogens is 1. The van der Waals surface area contributed by atoms with Gasteiger partial charge in [-0.1, -0.05) is 44.2 Å². The molecule has 0 fully saturated rings. The summed E-state index contributed by atoms with van der Waals surface area (Å²) in [4.78, 5) is 4.26. The fourth-order valence-electron chi connectivity index (χ4n) is 2.66. The van der Waals surface area contributed by atoms with Gasteiger partial charge in [-0.15, -0.1) is 0 Å². The minimum absolute atomic E-state index is 0.380. The number of nitrogens with zero attached hydrogens (tertiary/aromatic N) is 1.